The molecule has 2 aromatic carbocycles. The fourth-order valence-electron chi connectivity index (χ4n) is 2.60. The number of hydrogen-bond acceptors (Lipinski definition) is 1. The van der Waals surface area contributed by atoms with Crippen LogP contribution in [0.1, 0.15) is 30.5 Å². The predicted octanol–water partition coefficient (Wildman–Crippen LogP) is 3.69. The zero-order valence-corrected chi connectivity index (χ0v) is 11.9. The molecule has 3 atom stereocenters. The molecule has 0 radical (unpaired) electrons. The van der Waals surface area contributed by atoms with Crippen LogP contribution in [-0.2, 0) is 4.79 Å². The van der Waals surface area contributed by atoms with Gasteiger partial charge in [-0.15, -0.1) is 0 Å². The number of amides is 1. The molecule has 3 unspecified atom stereocenters. The number of nitrogens with one attached hydrogen (secondary N) is 1. The molecule has 0 aromatic heterocycles. The van der Waals surface area contributed by atoms with Crippen LogP contribution in [0, 0.1) is 17.7 Å². The van der Waals surface area contributed by atoms with E-state index in [1.165, 1.54) is 12.1 Å². The molecule has 2 aromatic rings. The fourth-order valence-corrected chi connectivity index (χ4v) is 2.60. The van der Waals surface area contributed by atoms with Gasteiger partial charge >= 0.3 is 0 Å². The molecular weight excluding hydrogens is 265 g/mol. The van der Waals surface area contributed by atoms with Crippen molar-refractivity contribution in [2.24, 2.45) is 11.8 Å². The lowest BCUT2D eigenvalue weighted by Gasteiger charge is -2.20. The minimum atomic E-state index is -0.271. The van der Waals surface area contributed by atoms with Crippen LogP contribution in [0.3, 0.4) is 0 Å². The molecular formula is C18H18FNO. The van der Waals surface area contributed by atoms with Gasteiger partial charge in [-0.25, -0.2) is 4.39 Å². The molecule has 2 nitrogen and oxygen atoms in total. The topological polar surface area (TPSA) is 29.1 Å². The molecule has 1 saturated carbocycles. The first kappa shape index (κ1) is 13.8. The van der Waals surface area contributed by atoms with E-state index >= 15 is 0 Å². The van der Waals surface area contributed by atoms with Crippen molar-refractivity contribution in [3.8, 4) is 0 Å². The third-order valence-electron chi connectivity index (χ3n) is 4.07. The van der Waals surface area contributed by atoms with Gasteiger partial charge in [-0.1, -0.05) is 49.4 Å². The number of hydrogen-bond donors (Lipinski definition) is 1. The highest BCUT2D eigenvalue weighted by Crippen LogP contribution is 2.38. The van der Waals surface area contributed by atoms with Crippen molar-refractivity contribution in [3.05, 3.63) is 71.5 Å². The summed E-state index contributed by atoms with van der Waals surface area (Å²) in [6.45, 7) is 2.08. The van der Waals surface area contributed by atoms with Crippen molar-refractivity contribution >= 4 is 5.91 Å². The van der Waals surface area contributed by atoms with E-state index < -0.39 is 0 Å². The minimum absolute atomic E-state index is 0.0840. The van der Waals surface area contributed by atoms with E-state index in [1.807, 2.05) is 30.3 Å². The smallest absolute Gasteiger partial charge is 0.224 e. The van der Waals surface area contributed by atoms with Gasteiger partial charge in [0.05, 0.1) is 6.04 Å². The molecule has 1 N–H and O–H groups in total. The van der Waals surface area contributed by atoms with Crippen LogP contribution in [0.5, 0.6) is 0 Å². The van der Waals surface area contributed by atoms with Crippen LogP contribution in [0.4, 0.5) is 4.39 Å². The van der Waals surface area contributed by atoms with Gasteiger partial charge in [-0.05, 0) is 35.6 Å². The van der Waals surface area contributed by atoms with Gasteiger partial charge < -0.3 is 5.32 Å². The Hall–Kier alpha value is -2.16. The summed E-state index contributed by atoms with van der Waals surface area (Å²) in [6.07, 6.45) is 0.955. The van der Waals surface area contributed by atoms with Gasteiger partial charge in [-0.3, -0.25) is 4.79 Å². The Kier molecular flexibility index (Phi) is 3.74. The molecule has 3 rings (SSSR count). The molecule has 108 valence electrons. The largest absolute Gasteiger partial charge is 0.345 e. The maximum absolute atomic E-state index is 13.1. The predicted molar refractivity (Wildman–Crippen MR) is 80.1 cm³/mol. The first-order valence-corrected chi connectivity index (χ1v) is 7.26. The van der Waals surface area contributed by atoms with Crippen LogP contribution in [0.15, 0.2) is 54.6 Å². The van der Waals surface area contributed by atoms with Crippen LogP contribution in [0.25, 0.3) is 0 Å². The van der Waals surface area contributed by atoms with Crippen LogP contribution in [0.2, 0.25) is 0 Å². The lowest BCUT2D eigenvalue weighted by Crippen LogP contribution is -2.30. The normalized spacial score (nSPS) is 21.6. The fraction of sp³-hybridized carbons (Fsp3) is 0.278. The van der Waals surface area contributed by atoms with E-state index in [0.717, 1.165) is 17.5 Å². The second-order valence-electron chi connectivity index (χ2n) is 5.72. The Balaban J connectivity index is 1.87. The lowest BCUT2D eigenvalue weighted by atomic mass is 9.98. The second-order valence-corrected chi connectivity index (χ2v) is 5.72. The van der Waals surface area contributed by atoms with E-state index in [1.54, 1.807) is 12.1 Å². The standard InChI is InChI=1S/C18H18FNO/c1-12-11-16(12)18(21)20-17(13-5-3-2-4-6-13)14-7-9-15(19)10-8-14/h2-10,12,16-17H,11H2,1H3,(H,20,21). The highest BCUT2D eigenvalue weighted by molar-refractivity contribution is 5.82. The van der Waals surface area contributed by atoms with Gasteiger partial charge in [-0.2, -0.15) is 0 Å². The molecule has 1 amide bonds. The number of benzene rings is 2. The van der Waals surface area contributed by atoms with Crippen LogP contribution in [-0.4, -0.2) is 5.91 Å². The molecule has 1 aliphatic carbocycles. The third-order valence-corrected chi connectivity index (χ3v) is 4.07. The Morgan fingerprint density at radius 1 is 1.10 bits per heavy atom. The number of carbonyl (C=O) groups is 1. The summed E-state index contributed by atoms with van der Waals surface area (Å²) in [5.74, 6) is 0.402. The molecule has 0 spiro atoms. The summed E-state index contributed by atoms with van der Waals surface area (Å²) in [6, 6.07) is 15.9. The summed E-state index contributed by atoms with van der Waals surface area (Å²) >= 11 is 0. The summed E-state index contributed by atoms with van der Waals surface area (Å²) in [5.41, 5.74) is 1.90. The van der Waals surface area contributed by atoms with Crippen molar-refractivity contribution in [3.63, 3.8) is 0 Å². The number of rotatable bonds is 4. The Bertz CT molecular complexity index is 623. The zero-order chi connectivity index (χ0) is 14.8. The van der Waals surface area contributed by atoms with Crippen molar-refractivity contribution in [2.45, 2.75) is 19.4 Å². The average molecular weight is 283 g/mol. The number of carbonyl (C=O) groups excluding carboxylic acids is 1. The van der Waals surface area contributed by atoms with E-state index in [-0.39, 0.29) is 23.7 Å². The van der Waals surface area contributed by atoms with Crippen molar-refractivity contribution < 1.29 is 9.18 Å². The lowest BCUT2D eigenvalue weighted by molar-refractivity contribution is -0.123. The first-order valence-electron chi connectivity index (χ1n) is 7.26. The molecule has 0 heterocycles. The van der Waals surface area contributed by atoms with Crippen LogP contribution >= 0.6 is 0 Å². The Labute approximate surface area is 124 Å². The molecule has 0 bridgehead atoms. The number of halogens is 1. The van der Waals surface area contributed by atoms with Gasteiger partial charge in [0.15, 0.2) is 0 Å². The Morgan fingerprint density at radius 3 is 2.24 bits per heavy atom. The molecule has 21 heavy (non-hydrogen) atoms. The maximum Gasteiger partial charge on any atom is 0.224 e. The van der Waals surface area contributed by atoms with E-state index in [9.17, 15) is 9.18 Å². The van der Waals surface area contributed by atoms with E-state index in [0.29, 0.717) is 5.92 Å². The highest BCUT2D eigenvalue weighted by Gasteiger charge is 2.39. The van der Waals surface area contributed by atoms with Crippen LogP contribution < -0.4 is 5.32 Å². The summed E-state index contributed by atoms with van der Waals surface area (Å²) in [4.78, 5) is 12.3. The maximum atomic E-state index is 13.1. The summed E-state index contributed by atoms with van der Waals surface area (Å²) in [5, 5.41) is 3.10. The van der Waals surface area contributed by atoms with Gasteiger partial charge in [0.1, 0.15) is 5.82 Å². The third kappa shape index (κ3) is 3.13. The van der Waals surface area contributed by atoms with E-state index in [2.05, 4.69) is 12.2 Å². The minimum Gasteiger partial charge on any atom is -0.345 e. The van der Waals surface area contributed by atoms with Crippen molar-refractivity contribution in [2.75, 3.05) is 0 Å². The summed E-state index contributed by atoms with van der Waals surface area (Å²) < 4.78 is 13.1. The molecule has 0 saturated heterocycles. The molecule has 1 fully saturated rings. The van der Waals surface area contributed by atoms with Crippen molar-refractivity contribution in [1.82, 2.24) is 5.32 Å². The second kappa shape index (κ2) is 5.68. The van der Waals surface area contributed by atoms with Crippen molar-refractivity contribution in [1.29, 1.82) is 0 Å². The monoisotopic (exact) mass is 283 g/mol. The highest BCUT2D eigenvalue weighted by atomic mass is 19.1. The molecule has 3 heteroatoms. The average Bonchev–Trinajstić information content (AvgIpc) is 3.24. The Morgan fingerprint density at radius 2 is 1.67 bits per heavy atom. The van der Waals surface area contributed by atoms with Gasteiger partial charge in [0.25, 0.3) is 0 Å². The molecule has 1 aliphatic rings. The summed E-state index contributed by atoms with van der Waals surface area (Å²) in [7, 11) is 0. The van der Waals surface area contributed by atoms with Gasteiger partial charge in [0, 0.05) is 5.92 Å². The first-order chi connectivity index (χ1) is 10.1. The zero-order valence-electron chi connectivity index (χ0n) is 11.9. The van der Waals surface area contributed by atoms with Gasteiger partial charge in [0.2, 0.25) is 5.91 Å². The molecule has 0 aliphatic heterocycles. The quantitative estimate of drug-likeness (QED) is 0.911. The van der Waals surface area contributed by atoms with E-state index in [4.69, 9.17) is 0 Å². The SMILES string of the molecule is CC1CC1C(=O)NC(c1ccccc1)c1ccc(F)cc1.